The maximum Gasteiger partial charge on any atom is 0.146 e. The van der Waals surface area contributed by atoms with Crippen molar-refractivity contribution < 1.29 is 0 Å². The molecule has 9 rings (SSSR count). The van der Waals surface area contributed by atoms with Crippen LogP contribution < -0.4 is 10.6 Å². The van der Waals surface area contributed by atoms with Crippen LogP contribution >= 0.6 is 8.07 Å². The number of pyridine rings is 1. The van der Waals surface area contributed by atoms with E-state index < -0.39 is 8.07 Å². The molecule has 0 aliphatic carbocycles. The number of fused-ring (bicyclic) bond motifs is 11. The average molecular weight is 542 g/mol. The SMILES string of the molecule is c1ccc(P(c2ccc3nc4c5ccccc5c5ccccc5n4c3c2)n2c3ccccc3c3ccccc32)cc1. The Morgan fingerprint density at radius 3 is 1.63 bits per heavy atom. The molecule has 6 aromatic carbocycles. The van der Waals surface area contributed by atoms with Gasteiger partial charge in [-0.3, -0.25) is 4.40 Å². The molecule has 9 aromatic rings. The Morgan fingerprint density at radius 2 is 0.951 bits per heavy atom. The van der Waals surface area contributed by atoms with E-state index in [9.17, 15) is 0 Å². The van der Waals surface area contributed by atoms with Crippen molar-refractivity contribution in [2.75, 3.05) is 0 Å². The van der Waals surface area contributed by atoms with Crippen LogP contribution in [0, 0.1) is 0 Å². The van der Waals surface area contributed by atoms with Crippen LogP contribution in [0.3, 0.4) is 0 Å². The summed E-state index contributed by atoms with van der Waals surface area (Å²) in [5, 5.41) is 8.86. The summed E-state index contributed by atoms with van der Waals surface area (Å²) in [6.45, 7) is 0. The van der Waals surface area contributed by atoms with Gasteiger partial charge in [0.1, 0.15) is 5.65 Å². The van der Waals surface area contributed by atoms with Gasteiger partial charge in [-0.15, -0.1) is 0 Å². The highest BCUT2D eigenvalue weighted by atomic mass is 31.1. The van der Waals surface area contributed by atoms with Gasteiger partial charge in [-0.25, -0.2) is 4.98 Å². The standard InChI is InChI=1S/C37H24N3P/c1-2-12-25(13-3-1)41(40-34-20-10-7-16-29(34)30-17-8-11-21-35(30)40)26-22-23-32-36(24-26)39-33-19-9-6-15-28(33)27-14-4-5-18-31(27)37(39)38-32/h1-24H. The third-order valence-corrected chi connectivity index (χ3v) is 10.6. The molecule has 0 aliphatic heterocycles. The molecule has 0 aliphatic rings. The summed E-state index contributed by atoms with van der Waals surface area (Å²) in [6, 6.07) is 52.8. The Labute approximate surface area is 237 Å². The van der Waals surface area contributed by atoms with Crippen molar-refractivity contribution >= 4 is 78.8 Å². The van der Waals surface area contributed by atoms with Crippen molar-refractivity contribution in [1.82, 2.24) is 13.7 Å². The highest BCUT2D eigenvalue weighted by Crippen LogP contribution is 2.45. The van der Waals surface area contributed by atoms with Gasteiger partial charge in [0.2, 0.25) is 0 Å². The van der Waals surface area contributed by atoms with Crippen molar-refractivity contribution in [2.24, 2.45) is 0 Å². The van der Waals surface area contributed by atoms with Crippen LogP contribution in [-0.2, 0) is 0 Å². The summed E-state index contributed by atoms with van der Waals surface area (Å²) in [7, 11) is -0.920. The van der Waals surface area contributed by atoms with Crippen molar-refractivity contribution in [3.05, 3.63) is 146 Å². The number of nitrogens with zero attached hydrogens (tertiary/aromatic N) is 3. The van der Waals surface area contributed by atoms with E-state index in [2.05, 4.69) is 154 Å². The van der Waals surface area contributed by atoms with Crippen LogP contribution in [0.25, 0.3) is 60.2 Å². The molecule has 4 heteroatoms. The molecule has 0 amide bonds. The van der Waals surface area contributed by atoms with Gasteiger partial charge in [0.25, 0.3) is 0 Å². The van der Waals surface area contributed by atoms with Crippen LogP contribution in [0.5, 0.6) is 0 Å². The fourth-order valence-electron chi connectivity index (χ4n) is 6.50. The zero-order chi connectivity index (χ0) is 26.9. The molecule has 3 heterocycles. The van der Waals surface area contributed by atoms with Crippen LogP contribution in [0.4, 0.5) is 0 Å². The number of para-hydroxylation sites is 3. The minimum absolute atomic E-state index is 0.920. The second kappa shape index (κ2) is 8.76. The first-order chi connectivity index (χ1) is 20.4. The van der Waals surface area contributed by atoms with E-state index in [0.717, 1.165) is 16.7 Å². The molecule has 1 unspecified atom stereocenters. The Hall–Kier alpha value is -4.98. The van der Waals surface area contributed by atoms with Gasteiger partial charge in [0.05, 0.1) is 35.7 Å². The lowest BCUT2D eigenvalue weighted by atomic mass is 10.1. The molecule has 192 valence electrons. The van der Waals surface area contributed by atoms with Gasteiger partial charge >= 0.3 is 0 Å². The normalized spacial score (nSPS) is 12.8. The summed E-state index contributed by atoms with van der Waals surface area (Å²) in [4.78, 5) is 5.19. The number of rotatable bonds is 3. The zero-order valence-electron chi connectivity index (χ0n) is 22.1. The first-order valence-corrected chi connectivity index (χ1v) is 15.2. The zero-order valence-corrected chi connectivity index (χ0v) is 23.0. The average Bonchev–Trinajstić information content (AvgIpc) is 3.59. The monoisotopic (exact) mass is 541 g/mol. The molecule has 41 heavy (non-hydrogen) atoms. The minimum Gasteiger partial charge on any atom is -0.310 e. The number of imidazole rings is 1. The largest absolute Gasteiger partial charge is 0.310 e. The minimum atomic E-state index is -0.920. The quantitative estimate of drug-likeness (QED) is 0.162. The van der Waals surface area contributed by atoms with E-state index in [1.165, 1.54) is 54.1 Å². The summed E-state index contributed by atoms with van der Waals surface area (Å²) in [6.07, 6.45) is 0. The van der Waals surface area contributed by atoms with Gasteiger partial charge in [0, 0.05) is 32.2 Å². The topological polar surface area (TPSA) is 22.2 Å². The maximum atomic E-state index is 5.19. The molecule has 0 saturated heterocycles. The number of aromatic nitrogens is 3. The molecule has 3 nitrogen and oxygen atoms in total. The Balaban J connectivity index is 1.41. The first-order valence-electron chi connectivity index (χ1n) is 13.9. The highest BCUT2D eigenvalue weighted by molar-refractivity contribution is 7.72. The van der Waals surface area contributed by atoms with E-state index in [1.54, 1.807) is 0 Å². The van der Waals surface area contributed by atoms with Crippen LogP contribution in [0.15, 0.2) is 146 Å². The highest BCUT2D eigenvalue weighted by Gasteiger charge is 2.23. The van der Waals surface area contributed by atoms with Gasteiger partial charge in [-0.1, -0.05) is 115 Å². The third kappa shape index (κ3) is 3.27. The van der Waals surface area contributed by atoms with Crippen LogP contribution in [0.2, 0.25) is 0 Å². The summed E-state index contributed by atoms with van der Waals surface area (Å²) in [5.41, 5.74) is 6.87. The maximum absolute atomic E-state index is 5.19. The van der Waals surface area contributed by atoms with E-state index in [0.29, 0.717) is 0 Å². The second-order valence-electron chi connectivity index (χ2n) is 10.5. The lowest BCUT2D eigenvalue weighted by Gasteiger charge is -2.22. The summed E-state index contributed by atoms with van der Waals surface area (Å²) >= 11 is 0. The molecule has 0 spiro atoms. The summed E-state index contributed by atoms with van der Waals surface area (Å²) in [5.74, 6) is 0. The van der Waals surface area contributed by atoms with Crippen LogP contribution in [0.1, 0.15) is 0 Å². The lowest BCUT2D eigenvalue weighted by Crippen LogP contribution is -2.17. The molecule has 0 fully saturated rings. The predicted octanol–water partition coefficient (Wildman–Crippen LogP) is 8.80. The van der Waals surface area contributed by atoms with Crippen molar-refractivity contribution in [1.29, 1.82) is 0 Å². The number of hydrogen-bond acceptors (Lipinski definition) is 1. The Morgan fingerprint density at radius 1 is 0.415 bits per heavy atom. The molecule has 0 N–H and O–H groups in total. The van der Waals surface area contributed by atoms with Gasteiger partial charge in [-0.05, 0) is 35.7 Å². The molecule has 0 bridgehead atoms. The van der Waals surface area contributed by atoms with Gasteiger partial charge < -0.3 is 4.34 Å². The van der Waals surface area contributed by atoms with Crippen molar-refractivity contribution in [3.63, 3.8) is 0 Å². The van der Waals surface area contributed by atoms with Gasteiger partial charge in [-0.2, -0.15) is 0 Å². The van der Waals surface area contributed by atoms with E-state index in [1.807, 2.05) is 0 Å². The van der Waals surface area contributed by atoms with Crippen molar-refractivity contribution in [3.8, 4) is 0 Å². The predicted molar refractivity (Wildman–Crippen MR) is 175 cm³/mol. The second-order valence-corrected chi connectivity index (χ2v) is 12.6. The fourth-order valence-corrected chi connectivity index (χ4v) is 8.95. The Kier molecular flexibility index (Phi) is 4.87. The first kappa shape index (κ1) is 22.8. The van der Waals surface area contributed by atoms with E-state index in [4.69, 9.17) is 4.98 Å². The van der Waals surface area contributed by atoms with Crippen molar-refractivity contribution in [2.45, 2.75) is 0 Å². The summed E-state index contributed by atoms with van der Waals surface area (Å²) < 4.78 is 4.94. The van der Waals surface area contributed by atoms with E-state index >= 15 is 0 Å². The molecule has 0 radical (unpaired) electrons. The number of hydrogen-bond donors (Lipinski definition) is 0. The van der Waals surface area contributed by atoms with E-state index in [-0.39, 0.29) is 0 Å². The molecular weight excluding hydrogens is 517 g/mol. The molecule has 3 aromatic heterocycles. The van der Waals surface area contributed by atoms with Gasteiger partial charge in [0.15, 0.2) is 0 Å². The molecule has 0 saturated carbocycles. The molecular formula is C37H24N3P. The van der Waals surface area contributed by atoms with Crippen LogP contribution in [-0.4, -0.2) is 13.7 Å². The lowest BCUT2D eigenvalue weighted by molar-refractivity contribution is 1.32. The smallest absolute Gasteiger partial charge is 0.146 e. The fraction of sp³-hybridized carbons (Fsp3) is 0. The number of benzene rings is 6. The third-order valence-electron chi connectivity index (χ3n) is 8.24. The molecule has 1 atom stereocenters. The Bertz CT molecular complexity index is 2380.